The highest BCUT2D eigenvalue weighted by molar-refractivity contribution is 5.80. The van der Waals surface area contributed by atoms with Crippen molar-refractivity contribution >= 4 is 5.84 Å². The van der Waals surface area contributed by atoms with Crippen LogP contribution < -0.4 is 5.73 Å². The first-order chi connectivity index (χ1) is 5.33. The molecule has 60 valence electrons. The van der Waals surface area contributed by atoms with E-state index in [1.807, 2.05) is 12.1 Å². The van der Waals surface area contributed by atoms with E-state index in [1.54, 1.807) is 13.3 Å². The minimum atomic E-state index is 0.668. The molecule has 0 bridgehead atoms. The van der Waals surface area contributed by atoms with Gasteiger partial charge in [0, 0.05) is 19.9 Å². The van der Waals surface area contributed by atoms with Crippen LogP contribution in [0.2, 0.25) is 0 Å². The number of furan rings is 1. The summed E-state index contributed by atoms with van der Waals surface area (Å²) in [7, 11) is 1.69. The van der Waals surface area contributed by atoms with Gasteiger partial charge in [-0.25, -0.2) is 0 Å². The Labute approximate surface area is 65.9 Å². The summed E-state index contributed by atoms with van der Waals surface area (Å²) in [5.74, 6) is 1.62. The Morgan fingerprint density at radius 2 is 2.55 bits per heavy atom. The van der Waals surface area contributed by atoms with Gasteiger partial charge >= 0.3 is 0 Å². The number of nitrogens with zero attached hydrogens (tertiary/aromatic N) is 1. The molecule has 0 saturated heterocycles. The van der Waals surface area contributed by atoms with Crippen LogP contribution in [0.4, 0.5) is 0 Å². The van der Waals surface area contributed by atoms with Crippen molar-refractivity contribution in [1.82, 2.24) is 0 Å². The standard InChI is InChI=1S/C8H12N2O/c1-10-8(9)5-4-7-3-2-6-11-7/h2-3,6H,4-5H2,1H3,(H2,9,10). The molecule has 1 rings (SSSR count). The fourth-order valence-electron chi connectivity index (χ4n) is 0.818. The third kappa shape index (κ3) is 2.45. The van der Waals surface area contributed by atoms with E-state index in [1.165, 1.54) is 0 Å². The molecule has 1 aromatic heterocycles. The molecule has 0 aromatic carbocycles. The van der Waals surface area contributed by atoms with E-state index in [2.05, 4.69) is 4.99 Å². The van der Waals surface area contributed by atoms with E-state index in [0.29, 0.717) is 5.84 Å². The van der Waals surface area contributed by atoms with Gasteiger partial charge in [0.15, 0.2) is 0 Å². The van der Waals surface area contributed by atoms with Gasteiger partial charge in [0.1, 0.15) is 5.76 Å². The highest BCUT2D eigenvalue weighted by atomic mass is 16.3. The first-order valence-corrected chi connectivity index (χ1v) is 3.56. The van der Waals surface area contributed by atoms with Crippen molar-refractivity contribution < 1.29 is 4.42 Å². The largest absolute Gasteiger partial charge is 0.469 e. The maximum absolute atomic E-state index is 5.50. The lowest BCUT2D eigenvalue weighted by molar-refractivity contribution is 0.511. The fourth-order valence-corrected chi connectivity index (χ4v) is 0.818. The summed E-state index contributed by atoms with van der Waals surface area (Å²) in [6, 6.07) is 3.80. The van der Waals surface area contributed by atoms with Gasteiger partial charge < -0.3 is 10.2 Å². The Kier molecular flexibility index (Phi) is 2.72. The zero-order valence-electron chi connectivity index (χ0n) is 6.58. The predicted octanol–water partition coefficient (Wildman–Crippen LogP) is 1.20. The Balaban J connectivity index is 2.35. The average molecular weight is 152 g/mol. The van der Waals surface area contributed by atoms with Crippen molar-refractivity contribution in [3.63, 3.8) is 0 Å². The van der Waals surface area contributed by atoms with Crippen LogP contribution in [0.25, 0.3) is 0 Å². The van der Waals surface area contributed by atoms with Gasteiger partial charge in [-0.3, -0.25) is 4.99 Å². The van der Waals surface area contributed by atoms with Crippen molar-refractivity contribution in [2.45, 2.75) is 12.8 Å². The topological polar surface area (TPSA) is 51.5 Å². The van der Waals surface area contributed by atoms with Gasteiger partial charge in [-0.15, -0.1) is 0 Å². The second-order valence-electron chi connectivity index (χ2n) is 2.29. The van der Waals surface area contributed by atoms with E-state index in [-0.39, 0.29) is 0 Å². The van der Waals surface area contributed by atoms with E-state index >= 15 is 0 Å². The minimum Gasteiger partial charge on any atom is -0.469 e. The van der Waals surface area contributed by atoms with Gasteiger partial charge in [0.25, 0.3) is 0 Å². The molecule has 0 unspecified atom stereocenters. The molecule has 1 heterocycles. The maximum atomic E-state index is 5.50. The minimum absolute atomic E-state index is 0.668. The number of hydrogen-bond donors (Lipinski definition) is 1. The second kappa shape index (κ2) is 3.81. The summed E-state index contributed by atoms with van der Waals surface area (Å²) in [5, 5.41) is 0. The van der Waals surface area contributed by atoms with Crippen molar-refractivity contribution in [3.8, 4) is 0 Å². The molecular weight excluding hydrogens is 140 g/mol. The Morgan fingerprint density at radius 3 is 3.09 bits per heavy atom. The molecule has 0 amide bonds. The van der Waals surface area contributed by atoms with E-state index in [9.17, 15) is 0 Å². The smallest absolute Gasteiger partial charge is 0.104 e. The lowest BCUT2D eigenvalue weighted by Crippen LogP contribution is -2.11. The zero-order valence-corrected chi connectivity index (χ0v) is 6.58. The number of hydrogen-bond acceptors (Lipinski definition) is 2. The summed E-state index contributed by atoms with van der Waals surface area (Å²) in [6.45, 7) is 0. The molecule has 0 spiro atoms. The van der Waals surface area contributed by atoms with Crippen LogP contribution in [-0.2, 0) is 6.42 Å². The summed E-state index contributed by atoms with van der Waals surface area (Å²) in [5.41, 5.74) is 5.50. The number of amidine groups is 1. The summed E-state index contributed by atoms with van der Waals surface area (Å²) < 4.78 is 5.12. The molecular formula is C8H12N2O. The lowest BCUT2D eigenvalue weighted by Gasteiger charge is -1.95. The van der Waals surface area contributed by atoms with Gasteiger partial charge in [0.05, 0.1) is 12.1 Å². The SMILES string of the molecule is CN=C(N)CCc1ccco1. The third-order valence-electron chi connectivity index (χ3n) is 1.49. The third-order valence-corrected chi connectivity index (χ3v) is 1.49. The molecule has 0 fully saturated rings. The fraction of sp³-hybridized carbons (Fsp3) is 0.375. The molecule has 11 heavy (non-hydrogen) atoms. The van der Waals surface area contributed by atoms with Crippen molar-refractivity contribution in [3.05, 3.63) is 24.2 Å². The lowest BCUT2D eigenvalue weighted by atomic mass is 10.2. The van der Waals surface area contributed by atoms with Crippen molar-refractivity contribution in [1.29, 1.82) is 0 Å². The van der Waals surface area contributed by atoms with Crippen LogP contribution in [0.15, 0.2) is 27.8 Å². The first-order valence-electron chi connectivity index (χ1n) is 3.56. The summed E-state index contributed by atoms with van der Waals surface area (Å²) in [4.78, 5) is 3.84. The van der Waals surface area contributed by atoms with Crippen molar-refractivity contribution in [2.75, 3.05) is 7.05 Å². The van der Waals surface area contributed by atoms with Crippen molar-refractivity contribution in [2.24, 2.45) is 10.7 Å². The van der Waals surface area contributed by atoms with E-state index in [4.69, 9.17) is 10.2 Å². The number of rotatable bonds is 3. The number of aliphatic imine (C=N–C) groups is 1. The van der Waals surface area contributed by atoms with Crippen LogP contribution in [0.3, 0.4) is 0 Å². The molecule has 0 aliphatic heterocycles. The molecule has 2 N–H and O–H groups in total. The highest BCUT2D eigenvalue weighted by Crippen LogP contribution is 2.02. The summed E-state index contributed by atoms with van der Waals surface area (Å²) in [6.07, 6.45) is 3.26. The molecule has 0 saturated carbocycles. The zero-order chi connectivity index (χ0) is 8.10. The summed E-state index contributed by atoms with van der Waals surface area (Å²) >= 11 is 0. The number of nitrogens with two attached hydrogens (primary N) is 1. The molecule has 0 aliphatic carbocycles. The molecule has 0 aliphatic rings. The van der Waals surface area contributed by atoms with Crippen LogP contribution in [0.1, 0.15) is 12.2 Å². The molecule has 0 atom stereocenters. The van der Waals surface area contributed by atoms with Gasteiger partial charge in [0.2, 0.25) is 0 Å². The molecule has 0 radical (unpaired) electrons. The maximum Gasteiger partial charge on any atom is 0.104 e. The molecule has 3 heteroatoms. The van der Waals surface area contributed by atoms with Crippen LogP contribution in [0.5, 0.6) is 0 Å². The predicted molar refractivity (Wildman–Crippen MR) is 44.6 cm³/mol. The second-order valence-corrected chi connectivity index (χ2v) is 2.29. The normalized spacial score (nSPS) is 11.9. The van der Waals surface area contributed by atoms with E-state index < -0.39 is 0 Å². The van der Waals surface area contributed by atoms with Gasteiger partial charge in [-0.1, -0.05) is 0 Å². The van der Waals surface area contributed by atoms with Crippen LogP contribution in [0, 0.1) is 0 Å². The quantitative estimate of drug-likeness (QED) is 0.522. The van der Waals surface area contributed by atoms with Gasteiger partial charge in [-0.05, 0) is 12.1 Å². The Bertz CT molecular complexity index is 226. The highest BCUT2D eigenvalue weighted by Gasteiger charge is 1.96. The Morgan fingerprint density at radius 1 is 1.73 bits per heavy atom. The van der Waals surface area contributed by atoms with Crippen LogP contribution >= 0.6 is 0 Å². The van der Waals surface area contributed by atoms with E-state index in [0.717, 1.165) is 18.6 Å². The first kappa shape index (κ1) is 7.85. The monoisotopic (exact) mass is 152 g/mol. The molecule has 1 aromatic rings. The van der Waals surface area contributed by atoms with Gasteiger partial charge in [-0.2, -0.15) is 0 Å². The molecule has 3 nitrogen and oxygen atoms in total. The average Bonchev–Trinajstić information content (AvgIpc) is 2.52. The Hall–Kier alpha value is -1.25. The number of aryl methyl sites for hydroxylation is 1. The van der Waals surface area contributed by atoms with Crippen LogP contribution in [-0.4, -0.2) is 12.9 Å².